The number of carboxylic acid groups (broad SMARTS) is 1. The first kappa shape index (κ1) is 19.1. The fourth-order valence-electron chi connectivity index (χ4n) is 1.80. The normalized spacial score (nSPS) is 11.4. The number of hydrogen-bond acceptors (Lipinski definition) is 5. The highest BCUT2D eigenvalue weighted by Crippen LogP contribution is 2.13. The molecule has 1 aromatic carbocycles. The summed E-state index contributed by atoms with van der Waals surface area (Å²) in [6, 6.07) is 7.70. The van der Waals surface area contributed by atoms with Crippen LogP contribution < -0.4 is 0 Å². The van der Waals surface area contributed by atoms with Gasteiger partial charge in [0.25, 0.3) is 0 Å². The van der Waals surface area contributed by atoms with Gasteiger partial charge in [-0.15, -0.1) is 0 Å². The third-order valence-corrected chi connectivity index (χ3v) is 4.87. The average Bonchev–Trinajstić information content (AvgIpc) is 2.51. The van der Waals surface area contributed by atoms with E-state index in [-0.39, 0.29) is 18.0 Å². The Morgan fingerprint density at radius 3 is 2.30 bits per heavy atom. The van der Waals surface area contributed by atoms with E-state index >= 15 is 0 Å². The number of carboxylic acids is 1. The van der Waals surface area contributed by atoms with Crippen LogP contribution in [0.25, 0.3) is 0 Å². The fourth-order valence-corrected chi connectivity index (χ4v) is 2.95. The Bertz CT molecular complexity index is 632. The standard InChI is InChI=1S/C14H20N2O6S/c1-15(23(20,21)12-6-4-3-5-7-12)10-13(17)16(8-9-22-2)11-14(18)19/h3-7H,8-11H2,1-2H3,(H,18,19). The molecule has 0 aromatic heterocycles. The molecule has 0 atom stereocenters. The van der Waals surface area contributed by atoms with E-state index in [0.29, 0.717) is 0 Å². The molecule has 1 amide bonds. The molecule has 9 heteroatoms. The summed E-state index contributed by atoms with van der Waals surface area (Å²) in [5, 5.41) is 8.84. The minimum Gasteiger partial charge on any atom is -0.480 e. The van der Waals surface area contributed by atoms with E-state index in [1.54, 1.807) is 18.2 Å². The summed E-state index contributed by atoms with van der Waals surface area (Å²) in [5.41, 5.74) is 0. The molecule has 0 fully saturated rings. The van der Waals surface area contributed by atoms with E-state index in [9.17, 15) is 18.0 Å². The lowest BCUT2D eigenvalue weighted by Gasteiger charge is -2.23. The molecular formula is C14H20N2O6S. The minimum absolute atomic E-state index is 0.0666. The SMILES string of the molecule is COCCN(CC(=O)O)C(=O)CN(C)S(=O)(=O)c1ccccc1. The van der Waals surface area contributed by atoms with E-state index in [1.807, 2.05) is 0 Å². The van der Waals surface area contributed by atoms with Crippen molar-refractivity contribution < 1.29 is 27.9 Å². The van der Waals surface area contributed by atoms with E-state index in [0.717, 1.165) is 9.21 Å². The van der Waals surface area contributed by atoms with Crippen LogP contribution in [0.15, 0.2) is 35.2 Å². The summed E-state index contributed by atoms with van der Waals surface area (Å²) in [6.07, 6.45) is 0. The van der Waals surface area contributed by atoms with Gasteiger partial charge in [-0.3, -0.25) is 9.59 Å². The highest BCUT2D eigenvalue weighted by atomic mass is 32.2. The van der Waals surface area contributed by atoms with Crippen LogP contribution in [0.3, 0.4) is 0 Å². The molecule has 8 nitrogen and oxygen atoms in total. The second-order valence-electron chi connectivity index (χ2n) is 4.78. The molecule has 1 aromatic rings. The summed E-state index contributed by atoms with van der Waals surface area (Å²) >= 11 is 0. The summed E-state index contributed by atoms with van der Waals surface area (Å²) in [6.45, 7) is -0.731. The van der Waals surface area contributed by atoms with Crippen LogP contribution in [-0.4, -0.2) is 75.0 Å². The van der Waals surface area contributed by atoms with Crippen molar-refractivity contribution in [1.82, 2.24) is 9.21 Å². The van der Waals surface area contributed by atoms with Gasteiger partial charge in [-0.05, 0) is 12.1 Å². The van der Waals surface area contributed by atoms with Crippen LogP contribution in [0.5, 0.6) is 0 Å². The quantitative estimate of drug-likeness (QED) is 0.669. The van der Waals surface area contributed by atoms with Gasteiger partial charge in [0.05, 0.1) is 18.0 Å². The molecule has 0 spiro atoms. The summed E-state index contributed by atoms with van der Waals surface area (Å²) < 4.78 is 30.4. The Kier molecular flexibility index (Phi) is 7.14. The van der Waals surface area contributed by atoms with Gasteiger partial charge in [0, 0.05) is 20.7 Å². The number of aliphatic carboxylic acids is 1. The number of carbonyl (C=O) groups excluding carboxylic acids is 1. The van der Waals surface area contributed by atoms with Gasteiger partial charge in [0.1, 0.15) is 6.54 Å². The Morgan fingerprint density at radius 1 is 1.17 bits per heavy atom. The predicted molar refractivity (Wildman–Crippen MR) is 82.3 cm³/mol. The molecule has 0 radical (unpaired) electrons. The Hall–Kier alpha value is -1.97. The summed E-state index contributed by atoms with van der Waals surface area (Å²) in [7, 11) is -1.11. The first-order valence-corrected chi connectivity index (χ1v) is 8.23. The third-order valence-electron chi connectivity index (χ3n) is 3.05. The van der Waals surface area contributed by atoms with Crippen LogP contribution in [0.4, 0.5) is 0 Å². The fraction of sp³-hybridized carbons (Fsp3) is 0.429. The van der Waals surface area contributed by atoms with Gasteiger partial charge in [0.15, 0.2) is 0 Å². The molecule has 23 heavy (non-hydrogen) atoms. The maximum absolute atomic E-state index is 12.3. The molecule has 1 rings (SSSR count). The molecule has 0 aliphatic heterocycles. The highest BCUT2D eigenvalue weighted by Gasteiger charge is 2.25. The van der Waals surface area contributed by atoms with Crippen molar-refractivity contribution in [3.05, 3.63) is 30.3 Å². The molecule has 0 unspecified atom stereocenters. The van der Waals surface area contributed by atoms with Crippen LogP contribution in [0.1, 0.15) is 0 Å². The second-order valence-corrected chi connectivity index (χ2v) is 6.82. The second kappa shape index (κ2) is 8.61. The third kappa shape index (κ3) is 5.62. The van der Waals surface area contributed by atoms with Crippen molar-refractivity contribution in [2.24, 2.45) is 0 Å². The highest BCUT2D eigenvalue weighted by molar-refractivity contribution is 7.89. The summed E-state index contributed by atoms with van der Waals surface area (Å²) in [4.78, 5) is 24.1. The Balaban J connectivity index is 2.82. The number of ether oxygens (including phenoxy) is 1. The minimum atomic E-state index is -3.81. The predicted octanol–water partition coefficient (Wildman–Crippen LogP) is -0.133. The monoisotopic (exact) mass is 344 g/mol. The number of carbonyl (C=O) groups is 2. The van der Waals surface area contributed by atoms with E-state index < -0.39 is 35.0 Å². The number of likely N-dealkylation sites (N-methyl/N-ethyl adjacent to an activating group) is 1. The smallest absolute Gasteiger partial charge is 0.323 e. The summed E-state index contributed by atoms with van der Waals surface area (Å²) in [5.74, 6) is -1.78. The molecule has 0 aliphatic rings. The van der Waals surface area contributed by atoms with Crippen molar-refractivity contribution in [2.75, 3.05) is 40.4 Å². The van der Waals surface area contributed by atoms with Crippen molar-refractivity contribution in [2.45, 2.75) is 4.90 Å². The van der Waals surface area contributed by atoms with Crippen LogP contribution in [0, 0.1) is 0 Å². The topological polar surface area (TPSA) is 104 Å². The molecule has 128 valence electrons. The van der Waals surface area contributed by atoms with Crippen molar-refractivity contribution >= 4 is 21.9 Å². The van der Waals surface area contributed by atoms with E-state index in [4.69, 9.17) is 9.84 Å². The zero-order chi connectivity index (χ0) is 17.5. The Labute approximate surface area is 135 Å². The van der Waals surface area contributed by atoms with Gasteiger partial charge in [0.2, 0.25) is 15.9 Å². The van der Waals surface area contributed by atoms with Crippen molar-refractivity contribution in [3.8, 4) is 0 Å². The average molecular weight is 344 g/mol. The number of amides is 1. The lowest BCUT2D eigenvalue weighted by molar-refractivity contribution is -0.144. The number of methoxy groups -OCH3 is 1. The van der Waals surface area contributed by atoms with Crippen molar-refractivity contribution in [1.29, 1.82) is 0 Å². The van der Waals surface area contributed by atoms with Crippen LogP contribution in [-0.2, 0) is 24.3 Å². The molecule has 0 bridgehead atoms. The number of hydrogen-bond donors (Lipinski definition) is 1. The molecule has 1 N–H and O–H groups in total. The lowest BCUT2D eigenvalue weighted by atomic mass is 10.4. The molecule has 0 saturated heterocycles. The zero-order valence-electron chi connectivity index (χ0n) is 13.0. The molecule has 0 saturated carbocycles. The maximum atomic E-state index is 12.3. The molecule has 0 aliphatic carbocycles. The number of nitrogens with zero attached hydrogens (tertiary/aromatic N) is 2. The molecular weight excluding hydrogens is 324 g/mol. The van der Waals surface area contributed by atoms with Crippen LogP contribution >= 0.6 is 0 Å². The van der Waals surface area contributed by atoms with Gasteiger partial charge in [-0.2, -0.15) is 4.31 Å². The number of sulfonamides is 1. The van der Waals surface area contributed by atoms with Gasteiger partial charge in [-0.1, -0.05) is 18.2 Å². The zero-order valence-corrected chi connectivity index (χ0v) is 13.8. The maximum Gasteiger partial charge on any atom is 0.323 e. The first-order valence-electron chi connectivity index (χ1n) is 6.79. The Morgan fingerprint density at radius 2 is 1.78 bits per heavy atom. The lowest BCUT2D eigenvalue weighted by Crippen LogP contribution is -2.44. The van der Waals surface area contributed by atoms with Gasteiger partial charge >= 0.3 is 5.97 Å². The van der Waals surface area contributed by atoms with Crippen molar-refractivity contribution in [3.63, 3.8) is 0 Å². The molecule has 0 heterocycles. The van der Waals surface area contributed by atoms with Gasteiger partial charge in [-0.25, -0.2) is 8.42 Å². The van der Waals surface area contributed by atoms with E-state index in [2.05, 4.69) is 0 Å². The largest absolute Gasteiger partial charge is 0.480 e. The van der Waals surface area contributed by atoms with E-state index in [1.165, 1.54) is 26.3 Å². The van der Waals surface area contributed by atoms with Gasteiger partial charge < -0.3 is 14.7 Å². The van der Waals surface area contributed by atoms with Crippen LogP contribution in [0.2, 0.25) is 0 Å². The number of benzene rings is 1. The first-order chi connectivity index (χ1) is 10.8. The number of rotatable bonds is 9.